The summed E-state index contributed by atoms with van der Waals surface area (Å²) in [5.41, 5.74) is 2.75. The number of nitrogens with zero attached hydrogens (tertiary/aromatic N) is 3. The van der Waals surface area contributed by atoms with E-state index in [2.05, 4.69) is 37.3 Å². The number of nitrogens with one attached hydrogen (secondary N) is 3. The molecule has 0 spiro atoms. The second-order valence-electron chi connectivity index (χ2n) is 5.69. The molecule has 0 saturated heterocycles. The Bertz CT molecular complexity index is 833. The second kappa shape index (κ2) is 6.57. The van der Waals surface area contributed by atoms with Crippen LogP contribution in [0.25, 0.3) is 0 Å². The van der Waals surface area contributed by atoms with Crippen LogP contribution in [-0.2, 0) is 0 Å². The van der Waals surface area contributed by atoms with Gasteiger partial charge in [0.2, 0.25) is 0 Å². The summed E-state index contributed by atoms with van der Waals surface area (Å²) < 4.78 is 2.11. The van der Waals surface area contributed by atoms with Gasteiger partial charge in [-0.2, -0.15) is 5.10 Å². The molecule has 0 aliphatic rings. The van der Waals surface area contributed by atoms with Gasteiger partial charge in [-0.05, 0) is 38.5 Å². The molecule has 24 heavy (non-hydrogen) atoms. The molecule has 0 saturated carbocycles. The molecular formula is C17H20N6O. The van der Waals surface area contributed by atoms with E-state index >= 15 is 0 Å². The third-order valence-corrected chi connectivity index (χ3v) is 4.00. The van der Waals surface area contributed by atoms with Gasteiger partial charge in [0.1, 0.15) is 11.6 Å². The van der Waals surface area contributed by atoms with E-state index in [0.717, 1.165) is 22.6 Å². The predicted octanol–water partition coefficient (Wildman–Crippen LogP) is 3.48. The number of hydrogen-bond donors (Lipinski definition) is 3. The Labute approximate surface area is 140 Å². The number of aromatic nitrogens is 4. The maximum absolute atomic E-state index is 12.0. The average molecular weight is 324 g/mol. The quantitative estimate of drug-likeness (QED) is 0.686. The van der Waals surface area contributed by atoms with E-state index in [1.807, 2.05) is 44.3 Å². The highest BCUT2D eigenvalue weighted by Crippen LogP contribution is 2.21. The molecule has 124 valence electrons. The van der Waals surface area contributed by atoms with Gasteiger partial charge in [-0.25, -0.2) is 9.78 Å². The van der Waals surface area contributed by atoms with Crippen LogP contribution in [0.1, 0.15) is 29.9 Å². The van der Waals surface area contributed by atoms with E-state index in [-0.39, 0.29) is 12.1 Å². The Hall–Kier alpha value is -3.09. The molecule has 0 aliphatic heterocycles. The highest BCUT2D eigenvalue weighted by Gasteiger charge is 2.10. The fourth-order valence-electron chi connectivity index (χ4n) is 2.55. The second-order valence-corrected chi connectivity index (χ2v) is 5.69. The van der Waals surface area contributed by atoms with E-state index in [4.69, 9.17) is 0 Å². The molecule has 0 unspecified atom stereocenters. The van der Waals surface area contributed by atoms with E-state index in [9.17, 15) is 4.79 Å². The van der Waals surface area contributed by atoms with E-state index in [0.29, 0.717) is 5.82 Å². The van der Waals surface area contributed by atoms with Crippen molar-refractivity contribution in [1.82, 2.24) is 19.7 Å². The highest BCUT2D eigenvalue weighted by atomic mass is 16.2. The number of aryl methyl sites for hydroxylation is 2. The number of carbonyl (C=O) groups is 1. The molecule has 0 fully saturated rings. The molecule has 3 rings (SSSR count). The number of carbonyl (C=O) groups excluding carboxylic acids is 1. The summed E-state index contributed by atoms with van der Waals surface area (Å²) in [7, 11) is 0. The Morgan fingerprint density at radius 3 is 2.54 bits per heavy atom. The zero-order valence-corrected chi connectivity index (χ0v) is 13.9. The minimum absolute atomic E-state index is 0.183. The number of urea groups is 1. The van der Waals surface area contributed by atoms with Crippen LogP contribution in [0.4, 0.5) is 16.3 Å². The smallest absolute Gasteiger partial charge is 0.324 e. The minimum Gasteiger partial charge on any atom is -0.328 e. The lowest BCUT2D eigenvalue weighted by atomic mass is 10.1. The summed E-state index contributed by atoms with van der Waals surface area (Å²) in [4.78, 5) is 16.3. The van der Waals surface area contributed by atoms with E-state index < -0.39 is 0 Å². The fourth-order valence-corrected chi connectivity index (χ4v) is 2.55. The zero-order valence-electron chi connectivity index (χ0n) is 13.9. The number of imidazole rings is 1. The third kappa shape index (κ3) is 3.29. The van der Waals surface area contributed by atoms with Gasteiger partial charge in [0.15, 0.2) is 0 Å². The first kappa shape index (κ1) is 15.8. The lowest BCUT2D eigenvalue weighted by molar-refractivity contribution is 0.262. The fraction of sp³-hybridized carbons (Fsp3) is 0.235. The maximum Gasteiger partial charge on any atom is 0.324 e. The standard InChI is InChI=1S/C17H20N6O/c1-11-10-19-22-16(11)21-17(24)20-15-6-4-14(5-7-15)12(2)23-9-8-18-13(23)3/h4-10,12H,1-3H3,(H3,19,20,21,22,24)/t12-/m1/s1. The predicted molar refractivity (Wildman–Crippen MR) is 93.2 cm³/mol. The van der Waals surface area contributed by atoms with Crippen molar-refractivity contribution in [3.8, 4) is 0 Å². The molecule has 3 aromatic rings. The van der Waals surface area contributed by atoms with Crippen molar-refractivity contribution in [2.24, 2.45) is 0 Å². The lowest BCUT2D eigenvalue weighted by Gasteiger charge is -2.16. The third-order valence-electron chi connectivity index (χ3n) is 4.00. The monoisotopic (exact) mass is 324 g/mol. The molecule has 2 aromatic heterocycles. The lowest BCUT2D eigenvalue weighted by Crippen LogP contribution is -2.20. The SMILES string of the molecule is Cc1cn[nH]c1NC(=O)Nc1ccc([C@@H](C)n2ccnc2C)cc1. The Balaban J connectivity index is 1.65. The molecule has 2 heterocycles. The van der Waals surface area contributed by atoms with Crippen LogP contribution in [0.5, 0.6) is 0 Å². The van der Waals surface area contributed by atoms with Gasteiger partial charge < -0.3 is 9.88 Å². The first-order valence-electron chi connectivity index (χ1n) is 7.72. The van der Waals surface area contributed by atoms with Crippen molar-refractivity contribution in [1.29, 1.82) is 0 Å². The first-order valence-corrected chi connectivity index (χ1v) is 7.72. The number of rotatable bonds is 4. The van der Waals surface area contributed by atoms with Crippen LogP contribution < -0.4 is 10.6 Å². The minimum atomic E-state index is -0.311. The van der Waals surface area contributed by atoms with Gasteiger partial charge in [-0.1, -0.05) is 12.1 Å². The van der Waals surface area contributed by atoms with E-state index in [1.54, 1.807) is 12.4 Å². The van der Waals surface area contributed by atoms with Crippen molar-refractivity contribution < 1.29 is 4.79 Å². The van der Waals surface area contributed by atoms with Crippen LogP contribution in [0.2, 0.25) is 0 Å². The van der Waals surface area contributed by atoms with Crippen molar-refractivity contribution >= 4 is 17.5 Å². The van der Waals surface area contributed by atoms with Crippen LogP contribution in [0, 0.1) is 13.8 Å². The normalized spacial score (nSPS) is 12.0. The molecule has 0 radical (unpaired) electrons. The molecule has 1 atom stereocenters. The van der Waals surface area contributed by atoms with Crippen LogP contribution in [0.15, 0.2) is 42.9 Å². The zero-order chi connectivity index (χ0) is 17.1. The number of aromatic amines is 1. The van der Waals surface area contributed by atoms with Crippen molar-refractivity contribution in [2.45, 2.75) is 26.8 Å². The van der Waals surface area contributed by atoms with Crippen LogP contribution in [-0.4, -0.2) is 25.8 Å². The molecule has 0 aliphatic carbocycles. The summed E-state index contributed by atoms with van der Waals surface area (Å²) >= 11 is 0. The van der Waals surface area contributed by atoms with Gasteiger partial charge in [0.25, 0.3) is 0 Å². The molecular weight excluding hydrogens is 304 g/mol. The molecule has 7 heteroatoms. The van der Waals surface area contributed by atoms with Crippen LogP contribution in [0.3, 0.4) is 0 Å². The van der Waals surface area contributed by atoms with Gasteiger partial charge >= 0.3 is 6.03 Å². The number of hydrogen-bond acceptors (Lipinski definition) is 3. The summed E-state index contributed by atoms with van der Waals surface area (Å²) in [6.07, 6.45) is 5.42. The van der Waals surface area contributed by atoms with Gasteiger partial charge in [-0.15, -0.1) is 0 Å². The highest BCUT2D eigenvalue weighted by molar-refractivity contribution is 5.99. The maximum atomic E-state index is 12.0. The van der Waals surface area contributed by atoms with Gasteiger partial charge in [-0.3, -0.25) is 10.4 Å². The molecule has 2 amide bonds. The van der Waals surface area contributed by atoms with Crippen molar-refractivity contribution in [2.75, 3.05) is 10.6 Å². The Morgan fingerprint density at radius 1 is 1.21 bits per heavy atom. The summed E-state index contributed by atoms with van der Waals surface area (Å²) in [6.45, 7) is 5.96. The van der Waals surface area contributed by atoms with Crippen molar-refractivity contribution in [3.63, 3.8) is 0 Å². The number of amides is 2. The summed E-state index contributed by atoms with van der Waals surface area (Å²) in [5.74, 6) is 1.56. The summed E-state index contributed by atoms with van der Waals surface area (Å²) in [5, 5.41) is 12.1. The Morgan fingerprint density at radius 2 is 1.96 bits per heavy atom. The molecule has 1 aromatic carbocycles. The molecule has 7 nitrogen and oxygen atoms in total. The largest absolute Gasteiger partial charge is 0.328 e. The molecule has 0 bridgehead atoms. The van der Waals surface area contributed by atoms with Crippen LogP contribution >= 0.6 is 0 Å². The van der Waals surface area contributed by atoms with Crippen molar-refractivity contribution in [3.05, 3.63) is 59.8 Å². The van der Waals surface area contributed by atoms with Gasteiger partial charge in [0.05, 0.1) is 12.2 Å². The number of anilines is 2. The summed E-state index contributed by atoms with van der Waals surface area (Å²) in [6, 6.07) is 7.65. The average Bonchev–Trinajstić information content (AvgIpc) is 3.16. The topological polar surface area (TPSA) is 87.6 Å². The molecule has 3 N–H and O–H groups in total. The Kier molecular flexibility index (Phi) is 4.33. The van der Waals surface area contributed by atoms with E-state index in [1.165, 1.54) is 0 Å². The van der Waals surface area contributed by atoms with Gasteiger partial charge in [0, 0.05) is 23.6 Å². The number of benzene rings is 1. The first-order chi connectivity index (χ1) is 11.5. The number of H-pyrrole nitrogens is 1.